The van der Waals surface area contributed by atoms with Gasteiger partial charge in [-0.3, -0.25) is 4.98 Å². The van der Waals surface area contributed by atoms with Crippen molar-refractivity contribution in [2.45, 2.75) is 6.92 Å². The van der Waals surface area contributed by atoms with Gasteiger partial charge in [-0.1, -0.05) is 5.16 Å². The van der Waals surface area contributed by atoms with Crippen molar-refractivity contribution < 1.29 is 13.3 Å². The minimum Gasteiger partial charge on any atom is -0.380 e. The number of aryl methyl sites for hydroxylation is 1. The van der Waals surface area contributed by atoms with Crippen LogP contribution in [0.5, 0.6) is 0 Å². The highest BCUT2D eigenvalue weighted by Crippen LogP contribution is 2.37. The van der Waals surface area contributed by atoms with Crippen molar-refractivity contribution in [3.63, 3.8) is 0 Å². The van der Waals surface area contributed by atoms with Crippen molar-refractivity contribution >= 4 is 5.82 Å². The van der Waals surface area contributed by atoms with Gasteiger partial charge >= 0.3 is 0 Å². The van der Waals surface area contributed by atoms with Crippen LogP contribution in [0.3, 0.4) is 0 Å². The van der Waals surface area contributed by atoms with E-state index in [-0.39, 0.29) is 17.1 Å². The number of hydrogen-bond acceptors (Lipinski definition) is 4. The van der Waals surface area contributed by atoms with E-state index < -0.39 is 11.6 Å². The summed E-state index contributed by atoms with van der Waals surface area (Å²) in [4.78, 5) is 3.92. The molecule has 2 aromatic heterocycles. The van der Waals surface area contributed by atoms with Gasteiger partial charge in [0.15, 0.2) is 11.6 Å². The second-order valence-corrected chi connectivity index (χ2v) is 4.59. The first-order valence-corrected chi connectivity index (χ1v) is 6.19. The van der Waals surface area contributed by atoms with E-state index in [1.807, 2.05) is 0 Å². The number of nitrogens with zero attached hydrogens (tertiary/aromatic N) is 2. The van der Waals surface area contributed by atoms with Gasteiger partial charge in [-0.2, -0.15) is 0 Å². The van der Waals surface area contributed by atoms with Gasteiger partial charge in [0.05, 0.1) is 11.1 Å². The Kier molecular flexibility index (Phi) is 3.13. The van der Waals surface area contributed by atoms with Crippen LogP contribution >= 0.6 is 0 Å². The van der Waals surface area contributed by atoms with Crippen molar-refractivity contribution in [2.75, 3.05) is 5.73 Å². The Labute approximate surface area is 119 Å². The number of nitrogens with two attached hydrogens (primary N) is 1. The van der Waals surface area contributed by atoms with Gasteiger partial charge in [-0.25, -0.2) is 8.78 Å². The van der Waals surface area contributed by atoms with Crippen LogP contribution < -0.4 is 5.73 Å². The molecule has 0 bridgehead atoms. The SMILES string of the molecule is Cc1cc(-c2onc(N)c2-c2ccncc2)c(F)cc1F. The monoisotopic (exact) mass is 287 g/mol. The molecule has 3 aromatic rings. The average Bonchev–Trinajstić information content (AvgIpc) is 2.85. The average molecular weight is 287 g/mol. The summed E-state index contributed by atoms with van der Waals surface area (Å²) in [5.41, 5.74) is 7.39. The number of hydrogen-bond donors (Lipinski definition) is 1. The molecule has 6 heteroatoms. The van der Waals surface area contributed by atoms with E-state index in [4.69, 9.17) is 10.3 Å². The molecule has 2 heterocycles. The molecule has 0 radical (unpaired) electrons. The van der Waals surface area contributed by atoms with Gasteiger partial charge in [0.2, 0.25) is 0 Å². The Hall–Kier alpha value is -2.76. The summed E-state index contributed by atoms with van der Waals surface area (Å²) in [5.74, 6) is -1.05. The minimum atomic E-state index is -0.732. The summed E-state index contributed by atoms with van der Waals surface area (Å²) < 4.78 is 32.6. The molecule has 0 aliphatic heterocycles. The maximum Gasteiger partial charge on any atom is 0.179 e. The minimum absolute atomic E-state index is 0.116. The van der Waals surface area contributed by atoms with E-state index >= 15 is 0 Å². The molecule has 1 aromatic carbocycles. The summed E-state index contributed by atoms with van der Waals surface area (Å²) in [6.07, 6.45) is 3.16. The maximum absolute atomic E-state index is 14.0. The summed E-state index contributed by atoms with van der Waals surface area (Å²) in [5, 5.41) is 3.68. The van der Waals surface area contributed by atoms with Crippen LogP contribution in [-0.2, 0) is 0 Å². The molecule has 0 aliphatic rings. The first-order chi connectivity index (χ1) is 10.1. The van der Waals surface area contributed by atoms with E-state index in [9.17, 15) is 8.78 Å². The highest BCUT2D eigenvalue weighted by atomic mass is 19.1. The predicted octanol–water partition coefficient (Wildman–Crippen LogP) is 3.57. The zero-order valence-corrected chi connectivity index (χ0v) is 11.1. The second-order valence-electron chi connectivity index (χ2n) is 4.59. The molecular weight excluding hydrogens is 276 g/mol. The largest absolute Gasteiger partial charge is 0.380 e. The molecule has 0 atom stereocenters. The number of pyridine rings is 1. The van der Waals surface area contributed by atoms with Crippen molar-refractivity contribution in [1.82, 2.24) is 10.1 Å². The van der Waals surface area contributed by atoms with Crippen molar-refractivity contribution in [1.29, 1.82) is 0 Å². The Bertz CT molecular complexity index is 800. The lowest BCUT2D eigenvalue weighted by Gasteiger charge is -2.05. The number of anilines is 1. The maximum atomic E-state index is 14.0. The van der Waals surface area contributed by atoms with E-state index in [1.54, 1.807) is 31.5 Å². The lowest BCUT2D eigenvalue weighted by atomic mass is 10.0. The Morgan fingerprint density at radius 1 is 1.10 bits per heavy atom. The van der Waals surface area contributed by atoms with Crippen LogP contribution in [0.4, 0.5) is 14.6 Å². The third kappa shape index (κ3) is 2.24. The topological polar surface area (TPSA) is 64.9 Å². The third-order valence-corrected chi connectivity index (χ3v) is 3.18. The zero-order valence-electron chi connectivity index (χ0n) is 11.1. The fourth-order valence-corrected chi connectivity index (χ4v) is 2.12. The summed E-state index contributed by atoms with van der Waals surface area (Å²) in [6.45, 7) is 1.55. The van der Waals surface area contributed by atoms with Crippen LogP contribution in [0.15, 0.2) is 41.2 Å². The zero-order chi connectivity index (χ0) is 15.0. The Balaban J connectivity index is 2.24. The number of aromatic nitrogens is 2. The van der Waals surface area contributed by atoms with E-state index in [2.05, 4.69) is 10.1 Å². The van der Waals surface area contributed by atoms with Gasteiger partial charge < -0.3 is 10.3 Å². The molecule has 2 N–H and O–H groups in total. The van der Waals surface area contributed by atoms with Crippen LogP contribution in [0.2, 0.25) is 0 Å². The number of rotatable bonds is 2. The van der Waals surface area contributed by atoms with Crippen molar-refractivity contribution in [3.05, 3.63) is 53.9 Å². The first kappa shape index (κ1) is 13.2. The van der Waals surface area contributed by atoms with E-state index in [0.29, 0.717) is 16.7 Å². The molecule has 0 unspecified atom stereocenters. The normalized spacial score (nSPS) is 10.8. The fourth-order valence-electron chi connectivity index (χ4n) is 2.12. The number of benzene rings is 1. The van der Waals surface area contributed by atoms with Gasteiger partial charge in [0.25, 0.3) is 0 Å². The summed E-state index contributed by atoms with van der Waals surface area (Å²) in [7, 11) is 0. The molecule has 0 spiro atoms. The van der Waals surface area contributed by atoms with Crippen molar-refractivity contribution in [2.24, 2.45) is 0 Å². The van der Waals surface area contributed by atoms with Crippen LogP contribution in [0.25, 0.3) is 22.5 Å². The lowest BCUT2D eigenvalue weighted by Crippen LogP contribution is -1.92. The third-order valence-electron chi connectivity index (χ3n) is 3.18. The lowest BCUT2D eigenvalue weighted by molar-refractivity contribution is 0.433. The van der Waals surface area contributed by atoms with Gasteiger partial charge in [-0.15, -0.1) is 0 Å². The number of halogens is 2. The number of nitrogen functional groups attached to an aromatic ring is 1. The van der Waals surface area contributed by atoms with Crippen LogP contribution in [-0.4, -0.2) is 10.1 Å². The fraction of sp³-hybridized carbons (Fsp3) is 0.0667. The molecule has 0 amide bonds. The molecule has 21 heavy (non-hydrogen) atoms. The quantitative estimate of drug-likeness (QED) is 0.782. The first-order valence-electron chi connectivity index (χ1n) is 6.19. The Morgan fingerprint density at radius 3 is 2.52 bits per heavy atom. The molecular formula is C15H11F2N3O. The van der Waals surface area contributed by atoms with Gasteiger partial charge in [0.1, 0.15) is 11.6 Å². The highest BCUT2D eigenvalue weighted by molar-refractivity contribution is 5.86. The van der Waals surface area contributed by atoms with Crippen LogP contribution in [0, 0.1) is 18.6 Å². The molecule has 0 saturated carbocycles. The van der Waals surface area contributed by atoms with E-state index in [1.165, 1.54) is 6.07 Å². The standard InChI is InChI=1S/C15H11F2N3O/c1-8-6-10(12(17)7-11(8)16)14-13(15(18)20-21-14)9-2-4-19-5-3-9/h2-7H,1H3,(H2,18,20). The molecule has 0 fully saturated rings. The molecule has 0 saturated heterocycles. The van der Waals surface area contributed by atoms with Gasteiger partial charge in [-0.05, 0) is 36.2 Å². The smallest absolute Gasteiger partial charge is 0.179 e. The summed E-state index contributed by atoms with van der Waals surface area (Å²) >= 11 is 0. The van der Waals surface area contributed by atoms with Crippen LogP contribution in [0.1, 0.15) is 5.56 Å². The molecule has 4 nitrogen and oxygen atoms in total. The van der Waals surface area contributed by atoms with Crippen molar-refractivity contribution in [3.8, 4) is 22.5 Å². The van der Waals surface area contributed by atoms with E-state index in [0.717, 1.165) is 6.07 Å². The van der Waals surface area contributed by atoms with Gasteiger partial charge in [0, 0.05) is 18.5 Å². The summed E-state index contributed by atoms with van der Waals surface area (Å²) in [6, 6.07) is 5.61. The predicted molar refractivity (Wildman–Crippen MR) is 74.2 cm³/mol. The molecule has 106 valence electrons. The second kappa shape index (κ2) is 4.97. The molecule has 0 aliphatic carbocycles. The Morgan fingerprint density at radius 2 is 1.81 bits per heavy atom. The highest BCUT2D eigenvalue weighted by Gasteiger charge is 2.21. The molecule has 3 rings (SSSR count).